The fourth-order valence-corrected chi connectivity index (χ4v) is 3.71. The maximum atomic E-state index is 12.2. The Hall–Kier alpha value is -2.60. The molecule has 4 aromatic rings. The Morgan fingerprint density at radius 1 is 1.00 bits per heavy atom. The van der Waals surface area contributed by atoms with Crippen molar-refractivity contribution in [1.82, 2.24) is 4.98 Å². The molecule has 3 aromatic carbocycles. The van der Waals surface area contributed by atoms with Crippen LogP contribution < -0.4 is 10.1 Å². The van der Waals surface area contributed by atoms with Gasteiger partial charge in [-0.25, -0.2) is 4.98 Å². The van der Waals surface area contributed by atoms with E-state index in [1.807, 2.05) is 53.9 Å². The third-order valence-corrected chi connectivity index (χ3v) is 5.55. The molecule has 1 heterocycles. The number of anilines is 1. The number of carbonyl (C=O) groups excluding carboxylic acids is 1. The fourth-order valence-electron chi connectivity index (χ4n) is 2.68. The monoisotopic (exact) mass is 428 g/mol. The normalized spacial score (nSPS) is 10.8. The Labute approximate surface area is 175 Å². The molecule has 0 aliphatic heterocycles. The van der Waals surface area contributed by atoms with Crippen molar-refractivity contribution in [2.24, 2.45) is 0 Å². The van der Waals surface area contributed by atoms with Gasteiger partial charge in [0.05, 0.1) is 15.7 Å². The molecule has 0 fully saturated rings. The summed E-state index contributed by atoms with van der Waals surface area (Å²) in [6.07, 6.45) is 0. The lowest BCUT2D eigenvalue weighted by Crippen LogP contribution is -2.20. The molecular weight excluding hydrogens is 415 g/mol. The van der Waals surface area contributed by atoms with Gasteiger partial charge >= 0.3 is 0 Å². The number of hydrogen-bond acceptors (Lipinski definition) is 4. The smallest absolute Gasteiger partial charge is 0.264 e. The third kappa shape index (κ3) is 4.28. The Bertz CT molecular complexity index is 1160. The van der Waals surface area contributed by atoms with Crippen LogP contribution in [0.4, 0.5) is 5.13 Å². The minimum atomic E-state index is -0.275. The van der Waals surface area contributed by atoms with Crippen LogP contribution >= 0.6 is 34.5 Å². The number of benzene rings is 3. The maximum Gasteiger partial charge on any atom is 0.264 e. The Morgan fingerprint density at radius 3 is 2.64 bits per heavy atom. The largest absolute Gasteiger partial charge is 0.484 e. The highest BCUT2D eigenvalue weighted by atomic mass is 35.5. The summed E-state index contributed by atoms with van der Waals surface area (Å²) in [5.74, 6) is 0.368. The number of nitrogens with zero attached hydrogens (tertiary/aromatic N) is 1. The molecule has 0 saturated carbocycles. The standard InChI is InChI=1S/C21H14Cl2N2O2S/c22-17-8-6-15(10-18(17)23)19-12-28-21(24-19)25-20(26)11-27-16-7-5-13-3-1-2-4-14(13)9-16/h1-10,12H,11H2,(H,24,25,26). The molecular formula is C21H14Cl2N2O2S. The number of fused-ring (bicyclic) bond motifs is 1. The minimum absolute atomic E-state index is 0.0972. The van der Waals surface area contributed by atoms with E-state index in [9.17, 15) is 4.79 Å². The van der Waals surface area contributed by atoms with Gasteiger partial charge in [0.2, 0.25) is 0 Å². The molecule has 0 spiro atoms. The zero-order valence-electron chi connectivity index (χ0n) is 14.5. The molecule has 1 N–H and O–H groups in total. The lowest BCUT2D eigenvalue weighted by molar-refractivity contribution is -0.118. The van der Waals surface area contributed by atoms with Gasteiger partial charge < -0.3 is 4.74 Å². The molecule has 28 heavy (non-hydrogen) atoms. The number of aromatic nitrogens is 1. The van der Waals surface area contributed by atoms with Gasteiger partial charge in [0, 0.05) is 10.9 Å². The number of rotatable bonds is 5. The molecule has 0 saturated heterocycles. The summed E-state index contributed by atoms with van der Waals surface area (Å²) in [5.41, 5.74) is 1.55. The van der Waals surface area contributed by atoms with E-state index in [2.05, 4.69) is 10.3 Å². The van der Waals surface area contributed by atoms with E-state index in [-0.39, 0.29) is 12.5 Å². The van der Waals surface area contributed by atoms with Gasteiger partial charge in [-0.15, -0.1) is 11.3 Å². The average Bonchev–Trinajstić information content (AvgIpc) is 3.16. The first-order valence-electron chi connectivity index (χ1n) is 8.41. The van der Waals surface area contributed by atoms with Crippen LogP contribution in [0.15, 0.2) is 66.0 Å². The molecule has 1 aromatic heterocycles. The summed E-state index contributed by atoms with van der Waals surface area (Å²) >= 11 is 13.3. The fraction of sp³-hybridized carbons (Fsp3) is 0.0476. The van der Waals surface area contributed by atoms with Crippen molar-refractivity contribution in [2.45, 2.75) is 0 Å². The van der Waals surface area contributed by atoms with Crippen molar-refractivity contribution in [3.05, 3.63) is 76.1 Å². The SMILES string of the molecule is O=C(COc1ccc2ccccc2c1)Nc1nc(-c2ccc(Cl)c(Cl)c2)cs1. The van der Waals surface area contributed by atoms with E-state index >= 15 is 0 Å². The van der Waals surface area contributed by atoms with Crippen molar-refractivity contribution in [1.29, 1.82) is 0 Å². The number of ether oxygens (including phenoxy) is 1. The molecule has 0 aliphatic carbocycles. The first-order valence-corrected chi connectivity index (χ1v) is 10.0. The summed E-state index contributed by atoms with van der Waals surface area (Å²) in [5, 5.41) is 8.22. The molecule has 4 nitrogen and oxygen atoms in total. The number of thiazole rings is 1. The average molecular weight is 429 g/mol. The van der Waals surface area contributed by atoms with Crippen LogP contribution in [0, 0.1) is 0 Å². The van der Waals surface area contributed by atoms with E-state index in [0.717, 1.165) is 16.3 Å². The Kier molecular flexibility index (Phi) is 5.48. The van der Waals surface area contributed by atoms with Crippen molar-refractivity contribution >= 4 is 56.3 Å². The van der Waals surface area contributed by atoms with Gasteiger partial charge in [-0.1, -0.05) is 59.6 Å². The van der Waals surface area contributed by atoms with Crippen LogP contribution in [0.3, 0.4) is 0 Å². The Morgan fingerprint density at radius 2 is 1.82 bits per heavy atom. The van der Waals surface area contributed by atoms with Crippen molar-refractivity contribution in [3.8, 4) is 17.0 Å². The lowest BCUT2D eigenvalue weighted by atomic mass is 10.1. The summed E-state index contributed by atoms with van der Waals surface area (Å²) in [7, 11) is 0. The molecule has 0 radical (unpaired) electrons. The Balaban J connectivity index is 1.38. The van der Waals surface area contributed by atoms with E-state index in [1.54, 1.807) is 12.1 Å². The van der Waals surface area contributed by atoms with Crippen molar-refractivity contribution in [3.63, 3.8) is 0 Å². The van der Waals surface area contributed by atoms with Crippen LogP contribution in [0.1, 0.15) is 0 Å². The number of amides is 1. The summed E-state index contributed by atoms with van der Waals surface area (Å²) in [6.45, 7) is -0.0972. The van der Waals surface area contributed by atoms with Gasteiger partial charge in [-0.05, 0) is 35.0 Å². The van der Waals surface area contributed by atoms with E-state index in [0.29, 0.717) is 26.6 Å². The summed E-state index contributed by atoms with van der Waals surface area (Å²) in [4.78, 5) is 16.6. The number of nitrogens with one attached hydrogen (secondary N) is 1. The minimum Gasteiger partial charge on any atom is -0.484 e. The highest BCUT2D eigenvalue weighted by Crippen LogP contribution is 2.30. The zero-order chi connectivity index (χ0) is 19.5. The molecule has 4 rings (SSSR count). The molecule has 140 valence electrons. The molecule has 7 heteroatoms. The van der Waals surface area contributed by atoms with Crippen molar-refractivity contribution in [2.75, 3.05) is 11.9 Å². The highest BCUT2D eigenvalue weighted by molar-refractivity contribution is 7.14. The highest BCUT2D eigenvalue weighted by Gasteiger charge is 2.10. The maximum absolute atomic E-state index is 12.2. The summed E-state index contributed by atoms with van der Waals surface area (Å²) < 4.78 is 5.60. The first kappa shape index (κ1) is 18.7. The molecule has 0 atom stereocenters. The zero-order valence-corrected chi connectivity index (χ0v) is 16.8. The van der Waals surface area contributed by atoms with E-state index in [4.69, 9.17) is 27.9 Å². The van der Waals surface area contributed by atoms with Gasteiger partial charge in [-0.3, -0.25) is 10.1 Å². The molecule has 0 unspecified atom stereocenters. The summed E-state index contributed by atoms with van der Waals surface area (Å²) in [6, 6.07) is 19.0. The lowest BCUT2D eigenvalue weighted by Gasteiger charge is -2.07. The van der Waals surface area contributed by atoms with Gasteiger partial charge in [-0.2, -0.15) is 0 Å². The second kappa shape index (κ2) is 8.19. The van der Waals surface area contributed by atoms with Crippen LogP contribution in [0.25, 0.3) is 22.0 Å². The first-order chi connectivity index (χ1) is 13.6. The van der Waals surface area contributed by atoms with E-state index in [1.165, 1.54) is 11.3 Å². The number of hydrogen-bond donors (Lipinski definition) is 1. The number of carbonyl (C=O) groups is 1. The topological polar surface area (TPSA) is 51.2 Å². The van der Waals surface area contributed by atoms with Gasteiger partial charge in [0.25, 0.3) is 5.91 Å². The second-order valence-electron chi connectivity index (χ2n) is 6.01. The predicted molar refractivity (Wildman–Crippen MR) is 116 cm³/mol. The second-order valence-corrected chi connectivity index (χ2v) is 7.69. The molecule has 0 aliphatic rings. The van der Waals surface area contributed by atoms with E-state index < -0.39 is 0 Å². The van der Waals surface area contributed by atoms with Crippen LogP contribution in [0.5, 0.6) is 5.75 Å². The van der Waals surface area contributed by atoms with Gasteiger partial charge in [0.1, 0.15) is 5.75 Å². The third-order valence-electron chi connectivity index (χ3n) is 4.06. The van der Waals surface area contributed by atoms with Crippen molar-refractivity contribution < 1.29 is 9.53 Å². The van der Waals surface area contributed by atoms with Gasteiger partial charge in [0.15, 0.2) is 11.7 Å². The predicted octanol–water partition coefficient (Wildman–Crippen LogP) is 6.29. The van der Waals surface area contributed by atoms with Crippen LogP contribution in [-0.2, 0) is 4.79 Å². The number of halogens is 2. The quantitative estimate of drug-likeness (QED) is 0.406. The van der Waals surface area contributed by atoms with Crippen LogP contribution in [0.2, 0.25) is 10.0 Å². The molecule has 0 bridgehead atoms. The van der Waals surface area contributed by atoms with Crippen LogP contribution in [-0.4, -0.2) is 17.5 Å². The molecule has 1 amide bonds.